The molecule has 1 atom stereocenters. The van der Waals surface area contributed by atoms with Crippen LogP contribution in [0.3, 0.4) is 0 Å². The average Bonchev–Trinajstić information content (AvgIpc) is 2.21. The fourth-order valence-electron chi connectivity index (χ4n) is 1.08. The van der Waals surface area contributed by atoms with Crippen LogP contribution >= 0.6 is 0 Å². The zero-order valence-corrected chi connectivity index (χ0v) is 8.99. The van der Waals surface area contributed by atoms with Gasteiger partial charge in [0.15, 0.2) is 0 Å². The highest BCUT2D eigenvalue weighted by atomic mass is 16.3. The molecule has 0 aliphatic rings. The maximum Gasteiger partial charge on any atom is 0.0920 e. The Balaban J connectivity index is 0.000000791. The van der Waals surface area contributed by atoms with E-state index in [2.05, 4.69) is 0 Å². The van der Waals surface area contributed by atoms with E-state index in [0.29, 0.717) is 0 Å². The summed E-state index contributed by atoms with van der Waals surface area (Å²) in [5.41, 5.74) is 1.92. The third-order valence-corrected chi connectivity index (χ3v) is 1.71. The Kier molecular flexibility index (Phi) is 6.43. The number of aliphatic hydroxyl groups excluding tert-OH is 1. The molecule has 0 spiro atoms. The van der Waals surface area contributed by atoms with E-state index in [9.17, 15) is 5.11 Å². The van der Waals surface area contributed by atoms with Gasteiger partial charge in [-0.1, -0.05) is 43.7 Å². The first-order valence-electron chi connectivity index (χ1n) is 4.85. The number of hydrogen-bond donors (Lipinski definition) is 1. The van der Waals surface area contributed by atoms with Gasteiger partial charge in [0.1, 0.15) is 0 Å². The summed E-state index contributed by atoms with van der Waals surface area (Å²) in [6.45, 7) is 5.96. The van der Waals surface area contributed by atoms with E-state index in [1.165, 1.54) is 0 Å². The van der Waals surface area contributed by atoms with E-state index in [1.54, 1.807) is 0 Å². The van der Waals surface area contributed by atoms with Crippen molar-refractivity contribution in [3.8, 4) is 6.07 Å². The van der Waals surface area contributed by atoms with Crippen molar-refractivity contribution in [2.45, 2.75) is 33.3 Å². The SMILES string of the molecule is CC.Cc1cccc(C(O)CC#N)c1. The summed E-state index contributed by atoms with van der Waals surface area (Å²) in [7, 11) is 0. The molecular formula is C12H17NO. The van der Waals surface area contributed by atoms with Crippen molar-refractivity contribution in [3.63, 3.8) is 0 Å². The van der Waals surface area contributed by atoms with Gasteiger partial charge in [-0.15, -0.1) is 0 Å². The minimum atomic E-state index is -0.644. The van der Waals surface area contributed by atoms with Gasteiger partial charge in [-0.3, -0.25) is 0 Å². The minimum absolute atomic E-state index is 0.156. The van der Waals surface area contributed by atoms with Crippen LogP contribution in [0.5, 0.6) is 0 Å². The van der Waals surface area contributed by atoms with Gasteiger partial charge in [0.25, 0.3) is 0 Å². The molecule has 2 nitrogen and oxygen atoms in total. The third-order valence-electron chi connectivity index (χ3n) is 1.71. The zero-order valence-electron chi connectivity index (χ0n) is 8.99. The molecule has 0 saturated carbocycles. The first kappa shape index (κ1) is 12.7. The zero-order chi connectivity index (χ0) is 11.0. The molecular weight excluding hydrogens is 174 g/mol. The number of aliphatic hydroxyl groups is 1. The van der Waals surface area contributed by atoms with E-state index >= 15 is 0 Å². The highest BCUT2D eigenvalue weighted by Crippen LogP contribution is 2.16. The molecule has 1 aromatic carbocycles. The van der Waals surface area contributed by atoms with Crippen molar-refractivity contribution in [1.82, 2.24) is 0 Å². The Bertz CT molecular complexity index is 301. The number of nitrogens with zero attached hydrogens (tertiary/aromatic N) is 1. The Morgan fingerprint density at radius 3 is 2.57 bits per heavy atom. The highest BCUT2D eigenvalue weighted by molar-refractivity contribution is 5.24. The van der Waals surface area contributed by atoms with Crippen molar-refractivity contribution >= 4 is 0 Å². The fourth-order valence-corrected chi connectivity index (χ4v) is 1.08. The summed E-state index contributed by atoms with van der Waals surface area (Å²) in [5.74, 6) is 0. The van der Waals surface area contributed by atoms with Crippen LogP contribution in [0.4, 0.5) is 0 Å². The van der Waals surface area contributed by atoms with Crippen molar-refractivity contribution < 1.29 is 5.11 Å². The first-order chi connectivity index (χ1) is 6.74. The second-order valence-electron chi connectivity index (χ2n) is 2.79. The second-order valence-corrected chi connectivity index (χ2v) is 2.79. The molecule has 0 saturated heterocycles. The van der Waals surface area contributed by atoms with Crippen LogP contribution in [0, 0.1) is 18.3 Å². The lowest BCUT2D eigenvalue weighted by Crippen LogP contribution is -1.95. The highest BCUT2D eigenvalue weighted by Gasteiger charge is 2.05. The monoisotopic (exact) mass is 191 g/mol. The number of nitriles is 1. The summed E-state index contributed by atoms with van der Waals surface area (Å²) in [6.07, 6.45) is -0.487. The second kappa shape index (κ2) is 7.11. The molecule has 0 aliphatic carbocycles. The first-order valence-corrected chi connectivity index (χ1v) is 4.85. The van der Waals surface area contributed by atoms with Gasteiger partial charge in [0.05, 0.1) is 18.6 Å². The summed E-state index contributed by atoms with van der Waals surface area (Å²) in [5, 5.41) is 17.8. The van der Waals surface area contributed by atoms with Crippen LogP contribution in [0.1, 0.15) is 37.5 Å². The van der Waals surface area contributed by atoms with E-state index < -0.39 is 6.10 Å². The van der Waals surface area contributed by atoms with Gasteiger partial charge in [-0.25, -0.2) is 0 Å². The molecule has 0 fully saturated rings. The Morgan fingerprint density at radius 2 is 2.07 bits per heavy atom. The van der Waals surface area contributed by atoms with Crippen molar-refractivity contribution in [2.75, 3.05) is 0 Å². The quantitative estimate of drug-likeness (QED) is 0.781. The molecule has 0 aliphatic heterocycles. The Labute approximate surface area is 85.8 Å². The van der Waals surface area contributed by atoms with Crippen LogP contribution in [0.15, 0.2) is 24.3 Å². The number of rotatable bonds is 2. The predicted molar refractivity (Wildman–Crippen MR) is 57.7 cm³/mol. The van der Waals surface area contributed by atoms with Gasteiger partial charge in [-0.05, 0) is 12.5 Å². The molecule has 76 valence electrons. The molecule has 1 unspecified atom stereocenters. The Morgan fingerprint density at radius 1 is 1.43 bits per heavy atom. The molecule has 0 amide bonds. The maximum absolute atomic E-state index is 9.42. The summed E-state index contributed by atoms with van der Waals surface area (Å²) < 4.78 is 0. The van der Waals surface area contributed by atoms with Crippen molar-refractivity contribution in [3.05, 3.63) is 35.4 Å². The summed E-state index contributed by atoms with van der Waals surface area (Å²) in [6, 6.07) is 9.50. The van der Waals surface area contributed by atoms with Crippen LogP contribution in [0.2, 0.25) is 0 Å². The number of hydrogen-bond acceptors (Lipinski definition) is 2. The summed E-state index contributed by atoms with van der Waals surface area (Å²) >= 11 is 0. The lowest BCUT2D eigenvalue weighted by Gasteiger charge is -2.06. The largest absolute Gasteiger partial charge is 0.387 e. The molecule has 1 rings (SSSR count). The molecule has 0 radical (unpaired) electrons. The predicted octanol–water partition coefficient (Wildman–Crippen LogP) is 2.97. The number of benzene rings is 1. The molecule has 1 N–H and O–H groups in total. The van der Waals surface area contributed by atoms with Gasteiger partial charge in [0, 0.05) is 0 Å². The summed E-state index contributed by atoms with van der Waals surface area (Å²) in [4.78, 5) is 0. The van der Waals surface area contributed by atoms with E-state index in [1.807, 2.05) is 51.1 Å². The molecule has 0 aromatic heterocycles. The molecule has 0 bridgehead atoms. The standard InChI is InChI=1S/C10H11NO.C2H6/c1-8-3-2-4-9(7-8)10(12)5-6-11;1-2/h2-4,7,10,12H,5H2,1H3;1-2H3. The van der Waals surface area contributed by atoms with E-state index in [-0.39, 0.29) is 6.42 Å². The van der Waals surface area contributed by atoms with E-state index in [4.69, 9.17) is 5.26 Å². The maximum atomic E-state index is 9.42. The van der Waals surface area contributed by atoms with Crippen LogP contribution in [-0.4, -0.2) is 5.11 Å². The number of aryl methyl sites for hydroxylation is 1. The fraction of sp³-hybridized carbons (Fsp3) is 0.417. The molecule has 0 heterocycles. The average molecular weight is 191 g/mol. The van der Waals surface area contributed by atoms with Crippen LogP contribution in [-0.2, 0) is 0 Å². The molecule has 1 aromatic rings. The lowest BCUT2D eigenvalue weighted by molar-refractivity contribution is 0.183. The van der Waals surface area contributed by atoms with Crippen LogP contribution in [0.25, 0.3) is 0 Å². The van der Waals surface area contributed by atoms with Crippen molar-refractivity contribution in [2.24, 2.45) is 0 Å². The van der Waals surface area contributed by atoms with Gasteiger partial charge in [0.2, 0.25) is 0 Å². The van der Waals surface area contributed by atoms with Crippen LogP contribution < -0.4 is 0 Å². The van der Waals surface area contributed by atoms with Crippen molar-refractivity contribution in [1.29, 1.82) is 5.26 Å². The van der Waals surface area contributed by atoms with Gasteiger partial charge < -0.3 is 5.11 Å². The van der Waals surface area contributed by atoms with Gasteiger partial charge in [-0.2, -0.15) is 5.26 Å². The topological polar surface area (TPSA) is 44.0 Å². The van der Waals surface area contributed by atoms with Gasteiger partial charge >= 0.3 is 0 Å². The smallest absolute Gasteiger partial charge is 0.0920 e. The molecule has 14 heavy (non-hydrogen) atoms. The molecule has 2 heteroatoms. The van der Waals surface area contributed by atoms with E-state index in [0.717, 1.165) is 11.1 Å². The normalized spacial score (nSPS) is 10.8. The lowest BCUT2D eigenvalue weighted by atomic mass is 10.1. The minimum Gasteiger partial charge on any atom is -0.387 e. The third kappa shape index (κ3) is 4.06. The Hall–Kier alpha value is -1.33.